The number of aromatic nitrogens is 2. The molecule has 1 aromatic heterocycles. The van der Waals surface area contributed by atoms with Crippen molar-refractivity contribution >= 4 is 11.7 Å². The second-order valence-corrected chi connectivity index (χ2v) is 5.52. The van der Waals surface area contributed by atoms with Gasteiger partial charge in [0.2, 0.25) is 0 Å². The van der Waals surface area contributed by atoms with E-state index < -0.39 is 0 Å². The van der Waals surface area contributed by atoms with E-state index in [0.717, 1.165) is 19.4 Å². The Morgan fingerprint density at radius 2 is 2.39 bits per heavy atom. The maximum atomic E-state index is 13.1. The summed E-state index contributed by atoms with van der Waals surface area (Å²) in [5, 5.41) is 9.59. The Balaban J connectivity index is 1.47. The number of anilines is 1. The van der Waals surface area contributed by atoms with E-state index in [0.29, 0.717) is 17.8 Å². The average molecular weight is 318 g/mol. The van der Waals surface area contributed by atoms with Gasteiger partial charge in [-0.05, 0) is 30.5 Å². The van der Waals surface area contributed by atoms with Gasteiger partial charge in [-0.3, -0.25) is 4.68 Å². The lowest BCUT2D eigenvalue weighted by molar-refractivity contribution is 0.0940. The molecule has 1 saturated heterocycles. The molecule has 6 nitrogen and oxygen atoms in total. The number of rotatable bonds is 5. The average Bonchev–Trinajstić information content (AvgIpc) is 3.18. The van der Waals surface area contributed by atoms with Crippen LogP contribution >= 0.6 is 0 Å². The number of ether oxygens (including phenoxy) is 1. The number of urea groups is 1. The van der Waals surface area contributed by atoms with Crippen molar-refractivity contribution in [3.63, 3.8) is 0 Å². The van der Waals surface area contributed by atoms with Gasteiger partial charge in [-0.25, -0.2) is 9.18 Å². The van der Waals surface area contributed by atoms with Gasteiger partial charge in [-0.15, -0.1) is 0 Å². The quantitative estimate of drug-likeness (QED) is 0.890. The van der Waals surface area contributed by atoms with Crippen LogP contribution in [0.2, 0.25) is 0 Å². The van der Waals surface area contributed by atoms with Crippen LogP contribution in [0.4, 0.5) is 14.9 Å². The molecule has 1 aliphatic rings. The number of hydrogen-bond donors (Lipinski definition) is 2. The molecular formula is C16H19FN4O2. The van der Waals surface area contributed by atoms with E-state index in [1.54, 1.807) is 29.2 Å². The molecule has 2 aromatic rings. The van der Waals surface area contributed by atoms with Crippen LogP contribution in [-0.4, -0.2) is 28.5 Å². The number of nitrogens with zero attached hydrogens (tertiary/aromatic N) is 2. The highest BCUT2D eigenvalue weighted by molar-refractivity contribution is 5.88. The maximum Gasteiger partial charge on any atom is 0.319 e. The third-order valence-corrected chi connectivity index (χ3v) is 3.65. The molecule has 1 fully saturated rings. The molecule has 2 amide bonds. The predicted octanol–water partition coefficient (Wildman–Crippen LogP) is 2.52. The van der Waals surface area contributed by atoms with E-state index in [2.05, 4.69) is 15.7 Å². The number of carbonyl (C=O) groups excluding carboxylic acids is 1. The summed E-state index contributed by atoms with van der Waals surface area (Å²) in [5.41, 5.74) is 1.31. The van der Waals surface area contributed by atoms with E-state index in [4.69, 9.17) is 4.74 Å². The lowest BCUT2D eigenvalue weighted by Crippen LogP contribution is -2.28. The van der Waals surface area contributed by atoms with Gasteiger partial charge in [-0.1, -0.05) is 12.1 Å². The first-order valence-corrected chi connectivity index (χ1v) is 7.62. The topological polar surface area (TPSA) is 68.2 Å². The molecular weight excluding hydrogens is 299 g/mol. The number of hydrogen-bond acceptors (Lipinski definition) is 3. The van der Waals surface area contributed by atoms with Gasteiger partial charge in [0.05, 0.1) is 24.5 Å². The first kappa shape index (κ1) is 15.5. The highest BCUT2D eigenvalue weighted by Crippen LogP contribution is 2.15. The molecule has 7 heteroatoms. The van der Waals surface area contributed by atoms with Crippen molar-refractivity contribution in [2.75, 3.05) is 11.9 Å². The number of carbonyl (C=O) groups is 1. The molecule has 1 aliphatic heterocycles. The van der Waals surface area contributed by atoms with Crippen LogP contribution in [0.5, 0.6) is 0 Å². The lowest BCUT2D eigenvalue weighted by atomic mass is 10.2. The van der Waals surface area contributed by atoms with Crippen molar-refractivity contribution in [2.24, 2.45) is 0 Å². The van der Waals surface area contributed by atoms with Gasteiger partial charge in [0.1, 0.15) is 5.82 Å². The van der Waals surface area contributed by atoms with Crippen LogP contribution in [0.15, 0.2) is 36.7 Å². The van der Waals surface area contributed by atoms with E-state index in [-0.39, 0.29) is 24.5 Å². The Morgan fingerprint density at radius 1 is 1.48 bits per heavy atom. The standard InChI is InChI=1S/C16H19FN4O2/c17-13-4-1-3-12(7-13)8-18-16(22)20-14-9-19-21(10-14)11-15-5-2-6-23-15/h1,3-4,7,9-10,15H,2,5-6,8,11H2,(H2,18,20,22). The smallest absolute Gasteiger partial charge is 0.319 e. The third-order valence-electron chi connectivity index (χ3n) is 3.65. The predicted molar refractivity (Wildman–Crippen MR) is 83.5 cm³/mol. The summed E-state index contributed by atoms with van der Waals surface area (Å²) >= 11 is 0. The molecule has 0 radical (unpaired) electrons. The van der Waals surface area contributed by atoms with Gasteiger partial charge in [-0.2, -0.15) is 5.10 Å². The highest BCUT2D eigenvalue weighted by atomic mass is 19.1. The number of nitrogens with one attached hydrogen (secondary N) is 2. The van der Waals surface area contributed by atoms with Crippen LogP contribution in [-0.2, 0) is 17.8 Å². The van der Waals surface area contributed by atoms with Crippen LogP contribution < -0.4 is 10.6 Å². The molecule has 1 atom stereocenters. The molecule has 1 unspecified atom stereocenters. The Bertz CT molecular complexity index is 668. The van der Waals surface area contributed by atoms with E-state index in [1.165, 1.54) is 12.1 Å². The summed E-state index contributed by atoms with van der Waals surface area (Å²) in [4.78, 5) is 11.8. The SMILES string of the molecule is O=C(NCc1cccc(F)c1)Nc1cnn(CC2CCCO2)c1. The van der Waals surface area contributed by atoms with Gasteiger partial charge in [0, 0.05) is 19.3 Å². The van der Waals surface area contributed by atoms with Crippen LogP contribution in [0.3, 0.4) is 0 Å². The fourth-order valence-electron chi connectivity index (χ4n) is 2.53. The first-order valence-electron chi connectivity index (χ1n) is 7.62. The zero-order valence-electron chi connectivity index (χ0n) is 12.7. The normalized spacial score (nSPS) is 17.2. The van der Waals surface area contributed by atoms with Gasteiger partial charge >= 0.3 is 6.03 Å². The van der Waals surface area contributed by atoms with Crippen molar-refractivity contribution in [1.82, 2.24) is 15.1 Å². The second kappa shape index (κ2) is 7.23. The van der Waals surface area contributed by atoms with Crippen molar-refractivity contribution in [2.45, 2.75) is 32.0 Å². The van der Waals surface area contributed by atoms with Crippen molar-refractivity contribution < 1.29 is 13.9 Å². The molecule has 2 N–H and O–H groups in total. The van der Waals surface area contributed by atoms with Gasteiger partial charge < -0.3 is 15.4 Å². The number of halogens is 1. The minimum atomic E-state index is -0.356. The Hall–Kier alpha value is -2.41. The zero-order valence-corrected chi connectivity index (χ0v) is 12.7. The molecule has 1 aromatic carbocycles. The molecule has 0 bridgehead atoms. The van der Waals surface area contributed by atoms with Crippen molar-refractivity contribution in [3.8, 4) is 0 Å². The second-order valence-electron chi connectivity index (χ2n) is 5.52. The molecule has 0 saturated carbocycles. The zero-order chi connectivity index (χ0) is 16.1. The Labute approximate surface area is 133 Å². The van der Waals surface area contributed by atoms with Gasteiger partial charge in [0.15, 0.2) is 0 Å². The van der Waals surface area contributed by atoms with E-state index in [1.807, 2.05) is 0 Å². The summed E-state index contributed by atoms with van der Waals surface area (Å²) in [6.45, 7) is 1.75. The fraction of sp³-hybridized carbons (Fsp3) is 0.375. The minimum absolute atomic E-state index is 0.199. The third kappa shape index (κ3) is 4.53. The summed E-state index contributed by atoms with van der Waals surface area (Å²) < 4.78 is 20.4. The van der Waals surface area contributed by atoms with E-state index in [9.17, 15) is 9.18 Å². The van der Waals surface area contributed by atoms with Crippen molar-refractivity contribution in [3.05, 3.63) is 48.0 Å². The Kier molecular flexibility index (Phi) is 4.87. The molecule has 0 aliphatic carbocycles. The maximum absolute atomic E-state index is 13.1. The van der Waals surface area contributed by atoms with Crippen molar-refractivity contribution in [1.29, 1.82) is 0 Å². The summed E-state index contributed by atoms with van der Waals surface area (Å²) in [6, 6.07) is 5.76. The monoisotopic (exact) mass is 318 g/mol. The van der Waals surface area contributed by atoms with Crippen LogP contribution in [0.1, 0.15) is 18.4 Å². The Morgan fingerprint density at radius 3 is 3.17 bits per heavy atom. The summed E-state index contributed by atoms with van der Waals surface area (Å²) in [6.07, 6.45) is 5.68. The summed E-state index contributed by atoms with van der Waals surface area (Å²) in [5.74, 6) is -0.319. The van der Waals surface area contributed by atoms with Crippen LogP contribution in [0, 0.1) is 5.82 Å². The minimum Gasteiger partial charge on any atom is -0.376 e. The van der Waals surface area contributed by atoms with Crippen LogP contribution in [0.25, 0.3) is 0 Å². The first-order chi connectivity index (χ1) is 11.2. The van der Waals surface area contributed by atoms with E-state index >= 15 is 0 Å². The van der Waals surface area contributed by atoms with Gasteiger partial charge in [0.25, 0.3) is 0 Å². The fourth-order valence-corrected chi connectivity index (χ4v) is 2.53. The molecule has 23 heavy (non-hydrogen) atoms. The molecule has 0 spiro atoms. The summed E-state index contributed by atoms with van der Waals surface area (Å²) in [7, 11) is 0. The molecule has 2 heterocycles. The molecule has 122 valence electrons. The molecule has 3 rings (SSSR count). The lowest BCUT2D eigenvalue weighted by Gasteiger charge is -2.08. The number of amides is 2. The number of benzene rings is 1. The largest absolute Gasteiger partial charge is 0.376 e. The highest BCUT2D eigenvalue weighted by Gasteiger charge is 2.16.